The zero-order valence-electron chi connectivity index (χ0n) is 18.4. The number of ether oxygens (including phenoxy) is 2. The van der Waals surface area contributed by atoms with Gasteiger partial charge in [0.15, 0.2) is 17.6 Å². The van der Waals surface area contributed by atoms with Crippen molar-refractivity contribution in [3.8, 4) is 11.5 Å². The Morgan fingerprint density at radius 3 is 2.17 bits per heavy atom. The van der Waals surface area contributed by atoms with Crippen LogP contribution in [0.25, 0.3) is 0 Å². The van der Waals surface area contributed by atoms with Crippen LogP contribution in [0.2, 0.25) is 5.02 Å². The van der Waals surface area contributed by atoms with Crippen molar-refractivity contribution < 1.29 is 35.9 Å². The maximum Gasteiger partial charge on any atom is 0.417 e. The monoisotopic (exact) mass is 528 g/mol. The summed E-state index contributed by atoms with van der Waals surface area (Å²) in [6.07, 6.45) is -5.64. The first-order valence-electron chi connectivity index (χ1n) is 10.0. The van der Waals surface area contributed by atoms with Gasteiger partial charge in [-0.3, -0.25) is 9.52 Å². The van der Waals surface area contributed by atoms with Crippen molar-refractivity contribution in [2.45, 2.75) is 24.1 Å². The first kappa shape index (κ1) is 26.2. The summed E-state index contributed by atoms with van der Waals surface area (Å²) in [5, 5.41) is 2.05. The highest BCUT2D eigenvalue weighted by Gasteiger charge is 2.33. The van der Waals surface area contributed by atoms with E-state index in [9.17, 15) is 26.4 Å². The quantitative estimate of drug-likeness (QED) is 0.398. The molecule has 0 radical (unpaired) electrons. The molecule has 0 aromatic heterocycles. The molecule has 7 nitrogen and oxygen atoms in total. The summed E-state index contributed by atoms with van der Waals surface area (Å²) in [4.78, 5) is 12.2. The third-order valence-corrected chi connectivity index (χ3v) is 6.42. The Morgan fingerprint density at radius 2 is 1.57 bits per heavy atom. The van der Waals surface area contributed by atoms with E-state index in [2.05, 4.69) is 10.0 Å². The molecule has 1 atom stereocenters. The maximum atomic E-state index is 13.0. The van der Waals surface area contributed by atoms with Gasteiger partial charge in [0.1, 0.15) is 0 Å². The molecule has 0 saturated carbocycles. The van der Waals surface area contributed by atoms with Crippen LogP contribution < -0.4 is 19.5 Å². The van der Waals surface area contributed by atoms with E-state index in [0.29, 0.717) is 17.6 Å². The van der Waals surface area contributed by atoms with Crippen LogP contribution in [0.4, 0.5) is 24.5 Å². The van der Waals surface area contributed by atoms with Gasteiger partial charge in [-0.25, -0.2) is 8.42 Å². The number of halogens is 4. The average Bonchev–Trinajstić information content (AvgIpc) is 2.80. The fourth-order valence-corrected chi connectivity index (χ4v) is 4.22. The van der Waals surface area contributed by atoms with Crippen LogP contribution in [0, 0.1) is 0 Å². The predicted molar refractivity (Wildman–Crippen MR) is 125 cm³/mol. The van der Waals surface area contributed by atoms with Gasteiger partial charge in [-0.15, -0.1) is 0 Å². The van der Waals surface area contributed by atoms with Gasteiger partial charge in [0, 0.05) is 11.4 Å². The lowest BCUT2D eigenvalue weighted by atomic mass is 10.2. The molecule has 0 aliphatic rings. The molecule has 0 unspecified atom stereocenters. The highest BCUT2D eigenvalue weighted by atomic mass is 35.5. The van der Waals surface area contributed by atoms with Crippen LogP contribution in [-0.4, -0.2) is 27.5 Å². The molecule has 3 rings (SSSR count). The van der Waals surface area contributed by atoms with E-state index in [-0.39, 0.29) is 16.3 Å². The SMILES string of the molecule is COc1ccccc1O[C@@H](C)C(=O)Nc1ccc(S(=O)(=O)Nc2ccc(Cl)c(C(F)(F)F)c2)cc1. The average molecular weight is 529 g/mol. The zero-order valence-corrected chi connectivity index (χ0v) is 20.0. The number of alkyl halides is 3. The minimum absolute atomic E-state index is 0.225. The number of benzene rings is 3. The first-order chi connectivity index (χ1) is 16.4. The van der Waals surface area contributed by atoms with Crippen molar-refractivity contribution in [1.29, 1.82) is 0 Å². The fraction of sp³-hybridized carbons (Fsp3) is 0.174. The molecule has 3 aromatic rings. The number of nitrogens with one attached hydrogen (secondary N) is 2. The topological polar surface area (TPSA) is 93.7 Å². The third kappa shape index (κ3) is 6.58. The molecular weight excluding hydrogens is 509 g/mol. The Hall–Kier alpha value is -3.44. The minimum Gasteiger partial charge on any atom is -0.493 e. The van der Waals surface area contributed by atoms with Crippen LogP contribution in [-0.2, 0) is 21.0 Å². The number of rotatable bonds is 8. The van der Waals surface area contributed by atoms with Crippen molar-refractivity contribution in [2.75, 3.05) is 17.1 Å². The highest BCUT2D eigenvalue weighted by Crippen LogP contribution is 2.36. The fourth-order valence-electron chi connectivity index (χ4n) is 2.94. The number of carbonyl (C=O) groups is 1. The van der Waals surface area contributed by atoms with Crippen LogP contribution >= 0.6 is 11.6 Å². The molecule has 0 saturated heterocycles. The molecular formula is C23H20ClF3N2O5S. The largest absolute Gasteiger partial charge is 0.493 e. The number of amides is 1. The van der Waals surface area contributed by atoms with Crippen molar-refractivity contribution in [2.24, 2.45) is 0 Å². The minimum atomic E-state index is -4.75. The Kier molecular flexibility index (Phi) is 7.81. The third-order valence-electron chi connectivity index (χ3n) is 4.70. The van der Waals surface area contributed by atoms with Crippen molar-refractivity contribution in [3.63, 3.8) is 0 Å². The molecule has 0 heterocycles. The second-order valence-electron chi connectivity index (χ2n) is 7.22. The molecule has 12 heteroatoms. The standard InChI is InChI=1S/C23H20ClF3N2O5S/c1-14(34-21-6-4-3-5-20(21)33-2)22(30)28-15-7-10-17(11-8-15)35(31,32)29-16-9-12-19(24)18(13-16)23(25,26)27/h3-14,29H,1-2H3,(H,28,30)/t14-/m0/s1. The molecule has 186 valence electrons. The Balaban J connectivity index is 1.68. The second kappa shape index (κ2) is 10.4. The lowest BCUT2D eigenvalue weighted by Gasteiger charge is -2.17. The van der Waals surface area contributed by atoms with Gasteiger partial charge in [-0.2, -0.15) is 13.2 Å². The molecule has 0 fully saturated rings. The summed E-state index contributed by atoms with van der Waals surface area (Å²) >= 11 is 5.56. The number of carbonyl (C=O) groups excluding carboxylic acids is 1. The maximum absolute atomic E-state index is 13.0. The van der Waals surface area contributed by atoms with E-state index in [1.54, 1.807) is 24.3 Å². The molecule has 0 aliphatic carbocycles. The number of methoxy groups -OCH3 is 1. The summed E-state index contributed by atoms with van der Waals surface area (Å²) in [5.74, 6) is 0.337. The van der Waals surface area contributed by atoms with Crippen molar-refractivity contribution >= 4 is 38.9 Å². The van der Waals surface area contributed by atoms with Crippen LogP contribution in [0.15, 0.2) is 71.6 Å². The number of hydrogen-bond donors (Lipinski definition) is 2. The van der Waals surface area contributed by atoms with Crippen LogP contribution in [0.3, 0.4) is 0 Å². The van der Waals surface area contributed by atoms with Gasteiger partial charge in [-0.1, -0.05) is 23.7 Å². The number of hydrogen-bond acceptors (Lipinski definition) is 5. The van der Waals surface area contributed by atoms with Crippen LogP contribution in [0.1, 0.15) is 12.5 Å². The molecule has 0 bridgehead atoms. The smallest absolute Gasteiger partial charge is 0.417 e. The van der Waals surface area contributed by atoms with E-state index in [0.717, 1.165) is 12.1 Å². The lowest BCUT2D eigenvalue weighted by Crippen LogP contribution is -2.30. The van der Waals surface area contributed by atoms with Gasteiger partial charge in [0.25, 0.3) is 15.9 Å². The molecule has 0 spiro atoms. The molecule has 2 N–H and O–H groups in total. The zero-order chi connectivity index (χ0) is 25.8. The van der Waals surface area contributed by atoms with Gasteiger partial charge >= 0.3 is 6.18 Å². The lowest BCUT2D eigenvalue weighted by molar-refractivity contribution is -0.137. The van der Waals surface area contributed by atoms with Gasteiger partial charge in [0.05, 0.1) is 22.6 Å². The van der Waals surface area contributed by atoms with E-state index >= 15 is 0 Å². The van der Waals surface area contributed by atoms with Crippen molar-refractivity contribution in [3.05, 3.63) is 77.3 Å². The van der Waals surface area contributed by atoms with E-state index < -0.39 is 38.8 Å². The number of sulfonamides is 1. The summed E-state index contributed by atoms with van der Waals surface area (Å²) in [6.45, 7) is 1.53. The predicted octanol–water partition coefficient (Wildman–Crippen LogP) is 5.57. The Bertz CT molecular complexity index is 1320. The number of anilines is 2. The van der Waals surface area contributed by atoms with E-state index in [1.165, 1.54) is 38.3 Å². The highest BCUT2D eigenvalue weighted by molar-refractivity contribution is 7.92. The Morgan fingerprint density at radius 1 is 0.971 bits per heavy atom. The Labute approximate surface area is 204 Å². The van der Waals surface area contributed by atoms with Crippen molar-refractivity contribution in [1.82, 2.24) is 0 Å². The molecule has 0 aliphatic heterocycles. The van der Waals surface area contributed by atoms with Gasteiger partial charge in [-0.05, 0) is 61.5 Å². The van der Waals surface area contributed by atoms with Crippen LogP contribution in [0.5, 0.6) is 11.5 Å². The summed E-state index contributed by atoms with van der Waals surface area (Å²) < 4.78 is 77.2. The molecule has 35 heavy (non-hydrogen) atoms. The van der Waals surface area contributed by atoms with E-state index in [1.807, 2.05) is 0 Å². The normalized spacial score (nSPS) is 12.5. The summed E-state index contributed by atoms with van der Waals surface area (Å²) in [6, 6.07) is 14.6. The number of para-hydroxylation sites is 2. The molecule has 3 aromatic carbocycles. The summed E-state index contributed by atoms with van der Waals surface area (Å²) in [5.41, 5.74) is -1.18. The summed E-state index contributed by atoms with van der Waals surface area (Å²) in [7, 11) is -2.74. The second-order valence-corrected chi connectivity index (χ2v) is 9.31. The van der Waals surface area contributed by atoms with Gasteiger partial charge in [0.2, 0.25) is 0 Å². The van der Waals surface area contributed by atoms with Gasteiger partial charge < -0.3 is 14.8 Å². The van der Waals surface area contributed by atoms with E-state index in [4.69, 9.17) is 21.1 Å². The molecule has 1 amide bonds. The first-order valence-corrected chi connectivity index (χ1v) is 11.9.